The summed E-state index contributed by atoms with van der Waals surface area (Å²) in [6, 6.07) is 22.4. The van der Waals surface area contributed by atoms with Gasteiger partial charge in [-0.3, -0.25) is 10.1 Å². The normalized spacial score (nSPS) is 14.5. The molecule has 0 radical (unpaired) electrons. The Labute approximate surface area is 159 Å². The predicted molar refractivity (Wildman–Crippen MR) is 106 cm³/mol. The van der Waals surface area contributed by atoms with Crippen LogP contribution in [0.15, 0.2) is 82.8 Å². The molecule has 0 fully saturated rings. The van der Waals surface area contributed by atoms with Gasteiger partial charge in [0, 0.05) is 35.6 Å². The average Bonchev–Trinajstić information content (AvgIpc) is 3.16. The third kappa shape index (κ3) is 2.25. The maximum Gasteiger partial charge on any atom is 0.285 e. The van der Waals surface area contributed by atoms with Crippen LogP contribution >= 0.6 is 0 Å². The number of rotatable bonds is 3. The molecule has 0 amide bonds. The van der Waals surface area contributed by atoms with Crippen molar-refractivity contribution in [2.45, 2.75) is 5.85 Å². The fourth-order valence-electron chi connectivity index (χ4n) is 3.82. The highest BCUT2D eigenvalue weighted by atomic mass is 16.6. The van der Waals surface area contributed by atoms with Crippen LogP contribution in [0.25, 0.3) is 21.5 Å². The second kappa shape index (κ2) is 5.94. The van der Waals surface area contributed by atoms with Crippen LogP contribution in [0, 0.1) is 10.1 Å². The van der Waals surface area contributed by atoms with E-state index in [4.69, 9.17) is 14.7 Å². The van der Waals surface area contributed by atoms with Crippen molar-refractivity contribution in [3.05, 3.63) is 99.2 Å². The summed E-state index contributed by atoms with van der Waals surface area (Å²) in [6.07, 6.45) is 0. The fourth-order valence-corrected chi connectivity index (χ4v) is 3.82. The van der Waals surface area contributed by atoms with E-state index in [1.807, 2.05) is 36.4 Å². The molecular formula is C22H15N3O3. The topological polar surface area (TPSA) is 77.1 Å². The molecule has 0 N–H and O–H groups in total. The molecule has 28 heavy (non-hydrogen) atoms. The third-order valence-corrected chi connectivity index (χ3v) is 5.12. The van der Waals surface area contributed by atoms with Gasteiger partial charge in [0.2, 0.25) is 0 Å². The average molecular weight is 369 g/mol. The van der Waals surface area contributed by atoms with E-state index in [0.717, 1.165) is 32.3 Å². The maximum atomic E-state index is 11.2. The second-order valence-corrected chi connectivity index (χ2v) is 6.63. The van der Waals surface area contributed by atoms with Crippen LogP contribution in [-0.2, 0) is 10.6 Å². The number of hydrogen-bond acceptors (Lipinski definition) is 5. The van der Waals surface area contributed by atoms with Crippen LogP contribution in [0.3, 0.4) is 0 Å². The summed E-state index contributed by atoms with van der Waals surface area (Å²) in [5, 5.41) is 16.8. The Morgan fingerprint density at radius 3 is 1.86 bits per heavy atom. The molecule has 1 aliphatic rings. The summed E-state index contributed by atoms with van der Waals surface area (Å²) < 4.78 is 5.74. The molecule has 136 valence electrons. The first kappa shape index (κ1) is 16.5. The van der Waals surface area contributed by atoms with Gasteiger partial charge >= 0.3 is 0 Å². The Bertz CT molecular complexity index is 1320. The van der Waals surface area contributed by atoms with E-state index in [-0.39, 0.29) is 5.69 Å². The molecule has 0 saturated heterocycles. The monoisotopic (exact) mass is 369 g/mol. The van der Waals surface area contributed by atoms with Gasteiger partial charge in [0.15, 0.2) is 0 Å². The van der Waals surface area contributed by atoms with Gasteiger partial charge in [0.1, 0.15) is 0 Å². The molecule has 1 aliphatic heterocycles. The summed E-state index contributed by atoms with van der Waals surface area (Å²) in [7, 11) is 1.52. The van der Waals surface area contributed by atoms with E-state index in [0.29, 0.717) is 5.56 Å². The zero-order valence-electron chi connectivity index (χ0n) is 15.0. The van der Waals surface area contributed by atoms with E-state index in [1.165, 1.54) is 19.2 Å². The van der Waals surface area contributed by atoms with Crippen LogP contribution < -0.4 is 10.7 Å². The number of benzene rings is 4. The van der Waals surface area contributed by atoms with Gasteiger partial charge in [0.05, 0.1) is 15.6 Å². The highest BCUT2D eigenvalue weighted by Crippen LogP contribution is 2.33. The van der Waals surface area contributed by atoms with E-state index in [2.05, 4.69) is 12.1 Å². The minimum absolute atomic E-state index is 0.0232. The number of nitro benzene ring substituents is 1. The van der Waals surface area contributed by atoms with Gasteiger partial charge in [-0.25, -0.2) is 9.98 Å². The molecule has 0 spiro atoms. The molecule has 0 unspecified atom stereocenters. The number of nitro groups is 1. The second-order valence-electron chi connectivity index (χ2n) is 6.63. The Morgan fingerprint density at radius 1 is 0.821 bits per heavy atom. The zero-order chi connectivity index (χ0) is 19.3. The van der Waals surface area contributed by atoms with Crippen molar-refractivity contribution in [2.24, 2.45) is 9.98 Å². The zero-order valence-corrected chi connectivity index (χ0v) is 15.0. The Kier molecular flexibility index (Phi) is 3.50. The quantitative estimate of drug-likeness (QED) is 0.314. The number of ether oxygens (including phenoxy) is 1. The molecule has 1 heterocycles. The van der Waals surface area contributed by atoms with Crippen LogP contribution in [0.1, 0.15) is 5.56 Å². The van der Waals surface area contributed by atoms with E-state index in [1.54, 1.807) is 12.1 Å². The lowest BCUT2D eigenvalue weighted by molar-refractivity contribution is -0.385. The first-order valence-corrected chi connectivity index (χ1v) is 8.82. The molecule has 0 aliphatic carbocycles. The molecule has 0 bridgehead atoms. The number of fused-ring (bicyclic) bond motifs is 6. The van der Waals surface area contributed by atoms with Crippen molar-refractivity contribution in [3.63, 3.8) is 0 Å². The minimum Gasteiger partial charge on any atom is -0.335 e. The Morgan fingerprint density at radius 2 is 1.36 bits per heavy atom. The van der Waals surface area contributed by atoms with Crippen LogP contribution in [-0.4, -0.2) is 12.0 Å². The summed E-state index contributed by atoms with van der Waals surface area (Å²) in [5.74, 6) is -1.35. The predicted octanol–water partition coefficient (Wildman–Crippen LogP) is 3.61. The van der Waals surface area contributed by atoms with Crippen LogP contribution in [0.4, 0.5) is 5.69 Å². The summed E-state index contributed by atoms with van der Waals surface area (Å²) in [4.78, 5) is 20.5. The molecule has 0 saturated carbocycles. The van der Waals surface area contributed by atoms with Gasteiger partial charge < -0.3 is 4.74 Å². The van der Waals surface area contributed by atoms with Crippen molar-refractivity contribution >= 4 is 27.2 Å². The lowest BCUT2D eigenvalue weighted by atomic mass is 10.0. The van der Waals surface area contributed by atoms with Crippen molar-refractivity contribution in [2.75, 3.05) is 7.11 Å². The van der Waals surface area contributed by atoms with Gasteiger partial charge in [-0.05, 0) is 10.8 Å². The molecule has 4 aromatic rings. The number of non-ortho nitro benzene ring substituents is 1. The standard InChI is InChI=1S/C22H15N3O3/c1-28-22(14-7-6-8-15(13-14)25(26)27)23-20-18-11-4-2-9-16(18)17-10-3-5-12-19(17)21(20)24-22/h2-13H,1H3. The van der Waals surface area contributed by atoms with Crippen molar-refractivity contribution in [3.8, 4) is 0 Å². The number of methoxy groups -OCH3 is 1. The lowest BCUT2D eigenvalue weighted by Crippen LogP contribution is -2.23. The van der Waals surface area contributed by atoms with Gasteiger partial charge in [0.25, 0.3) is 11.5 Å². The Hall–Kier alpha value is -3.64. The highest BCUT2D eigenvalue weighted by molar-refractivity contribution is 6.07. The third-order valence-electron chi connectivity index (χ3n) is 5.12. The molecule has 5 rings (SSSR count). The fraction of sp³-hybridized carbons (Fsp3) is 0.0909. The minimum atomic E-state index is -1.35. The summed E-state index contributed by atoms with van der Waals surface area (Å²) in [5.41, 5.74) is 0.499. The van der Waals surface area contributed by atoms with E-state index < -0.39 is 10.8 Å². The molecule has 0 atom stereocenters. The molecule has 6 nitrogen and oxygen atoms in total. The SMILES string of the molecule is COC1(c2cccc([N+](=O)[O-])c2)N=c2c(c3ccccc3c3ccccc23)=N1. The maximum absolute atomic E-state index is 11.2. The summed E-state index contributed by atoms with van der Waals surface area (Å²) in [6.45, 7) is 0. The first-order chi connectivity index (χ1) is 13.6. The van der Waals surface area contributed by atoms with Crippen molar-refractivity contribution in [1.29, 1.82) is 0 Å². The largest absolute Gasteiger partial charge is 0.335 e. The van der Waals surface area contributed by atoms with Crippen LogP contribution in [0.5, 0.6) is 0 Å². The van der Waals surface area contributed by atoms with Gasteiger partial charge in [-0.1, -0.05) is 60.7 Å². The highest BCUT2D eigenvalue weighted by Gasteiger charge is 2.35. The van der Waals surface area contributed by atoms with Gasteiger partial charge in [-0.2, -0.15) is 0 Å². The molecule has 6 heteroatoms. The van der Waals surface area contributed by atoms with Crippen molar-refractivity contribution in [1.82, 2.24) is 0 Å². The van der Waals surface area contributed by atoms with Gasteiger partial charge in [-0.15, -0.1) is 0 Å². The first-order valence-electron chi connectivity index (χ1n) is 8.82. The van der Waals surface area contributed by atoms with Crippen molar-refractivity contribution < 1.29 is 9.66 Å². The Balaban J connectivity index is 1.91. The summed E-state index contributed by atoms with van der Waals surface area (Å²) >= 11 is 0. The molecular weight excluding hydrogens is 354 g/mol. The number of nitrogens with zero attached hydrogens (tertiary/aromatic N) is 3. The number of hydrogen-bond donors (Lipinski definition) is 0. The lowest BCUT2D eigenvalue weighted by Gasteiger charge is -2.21. The van der Waals surface area contributed by atoms with E-state index in [9.17, 15) is 10.1 Å². The molecule has 4 aromatic carbocycles. The molecule has 0 aromatic heterocycles. The van der Waals surface area contributed by atoms with Crippen LogP contribution in [0.2, 0.25) is 0 Å². The van der Waals surface area contributed by atoms with E-state index >= 15 is 0 Å². The smallest absolute Gasteiger partial charge is 0.285 e.